The summed E-state index contributed by atoms with van der Waals surface area (Å²) < 4.78 is 5.11. The van der Waals surface area contributed by atoms with Gasteiger partial charge in [-0.2, -0.15) is 0 Å². The molecule has 0 bridgehead atoms. The topological polar surface area (TPSA) is 26.3 Å². The Bertz CT molecular complexity index is 91.6. The van der Waals surface area contributed by atoms with E-state index in [-0.39, 0.29) is 5.60 Å². The van der Waals surface area contributed by atoms with Gasteiger partial charge in [0.25, 0.3) is 0 Å². The lowest BCUT2D eigenvalue weighted by Gasteiger charge is -2.21. The minimum absolute atomic E-state index is 0.271. The van der Waals surface area contributed by atoms with Crippen LogP contribution in [0, 0.1) is 6.92 Å². The predicted octanol–water partition coefficient (Wildman–Crippen LogP) is 1.20. The summed E-state index contributed by atoms with van der Waals surface area (Å²) in [6.07, 6.45) is 0.149. The molecule has 0 N–H and O–H groups in total. The molecule has 0 saturated heterocycles. The fourth-order valence-corrected chi connectivity index (χ4v) is 0.482. The van der Waals surface area contributed by atoms with E-state index >= 15 is 0 Å². The van der Waals surface area contributed by atoms with Crippen molar-refractivity contribution in [3.8, 4) is 0 Å². The van der Waals surface area contributed by atoms with Gasteiger partial charge in [0.15, 0.2) is 0 Å². The van der Waals surface area contributed by atoms with Crippen LogP contribution in [0.25, 0.3) is 0 Å². The van der Waals surface area contributed by atoms with Gasteiger partial charge in [-0.1, -0.05) is 0 Å². The first kappa shape index (κ1) is 8.63. The molecule has 0 aromatic heterocycles. The van der Waals surface area contributed by atoms with E-state index in [1.54, 1.807) is 0 Å². The monoisotopic (exact) mass is 129 g/mol. The maximum absolute atomic E-state index is 10.00. The highest BCUT2D eigenvalue weighted by molar-refractivity contribution is 5.56. The van der Waals surface area contributed by atoms with Crippen molar-refractivity contribution in [3.63, 3.8) is 0 Å². The van der Waals surface area contributed by atoms with Gasteiger partial charge in [0.2, 0.25) is 0 Å². The molecule has 2 nitrogen and oxygen atoms in total. The fourth-order valence-electron chi connectivity index (χ4n) is 0.482. The number of ether oxygens (including phenoxy) is 1. The molecule has 0 amide bonds. The highest BCUT2D eigenvalue weighted by atomic mass is 16.5. The van der Waals surface area contributed by atoms with E-state index in [0.717, 1.165) is 0 Å². The van der Waals surface area contributed by atoms with E-state index < -0.39 is 6.10 Å². The van der Waals surface area contributed by atoms with Gasteiger partial charge in [0.1, 0.15) is 12.4 Å². The largest absolute Gasteiger partial charge is 0.365 e. The average molecular weight is 129 g/mol. The van der Waals surface area contributed by atoms with Crippen LogP contribution in [0.3, 0.4) is 0 Å². The van der Waals surface area contributed by atoms with Gasteiger partial charge >= 0.3 is 0 Å². The van der Waals surface area contributed by atoms with Gasteiger partial charge in [-0.05, 0) is 27.7 Å². The quantitative estimate of drug-likeness (QED) is 0.524. The third kappa shape index (κ3) is 5.50. The molecule has 0 aliphatic heterocycles. The first-order chi connectivity index (χ1) is 3.95. The Hall–Kier alpha value is -0.370. The van der Waals surface area contributed by atoms with Crippen molar-refractivity contribution in [3.05, 3.63) is 6.92 Å². The van der Waals surface area contributed by atoms with Gasteiger partial charge in [0.05, 0.1) is 5.60 Å². The Kier molecular flexibility index (Phi) is 2.85. The van der Waals surface area contributed by atoms with Gasteiger partial charge in [-0.3, -0.25) is 0 Å². The molecule has 0 fully saturated rings. The number of hydrogen-bond donors (Lipinski definition) is 0. The van der Waals surface area contributed by atoms with Crippen molar-refractivity contribution in [1.82, 2.24) is 0 Å². The van der Waals surface area contributed by atoms with Crippen molar-refractivity contribution in [2.75, 3.05) is 0 Å². The summed E-state index contributed by atoms with van der Waals surface area (Å²) in [7, 11) is 0. The lowest BCUT2D eigenvalue weighted by Crippen LogP contribution is -2.26. The van der Waals surface area contributed by atoms with Crippen molar-refractivity contribution >= 4 is 6.29 Å². The molecule has 0 aliphatic rings. The molecular weight excluding hydrogens is 116 g/mol. The second kappa shape index (κ2) is 2.97. The summed E-state index contributed by atoms with van der Waals surface area (Å²) in [6.45, 7) is 9.10. The Morgan fingerprint density at radius 1 is 1.56 bits per heavy atom. The maximum Gasteiger partial charge on any atom is 0.148 e. The Morgan fingerprint density at radius 2 is 2.00 bits per heavy atom. The van der Waals surface area contributed by atoms with E-state index in [0.29, 0.717) is 6.29 Å². The summed E-state index contributed by atoms with van der Waals surface area (Å²) in [5.41, 5.74) is -0.271. The third-order valence-corrected chi connectivity index (χ3v) is 0.657. The molecule has 53 valence electrons. The number of aldehydes is 1. The zero-order valence-electron chi connectivity index (χ0n) is 6.18. The molecule has 1 unspecified atom stereocenters. The highest BCUT2D eigenvalue weighted by Gasteiger charge is 2.13. The van der Waals surface area contributed by atoms with Gasteiger partial charge in [-0.25, -0.2) is 0 Å². The minimum atomic E-state index is -0.537. The van der Waals surface area contributed by atoms with Crippen LogP contribution in [-0.2, 0) is 9.53 Å². The molecule has 0 aliphatic carbocycles. The van der Waals surface area contributed by atoms with E-state index in [1.165, 1.54) is 0 Å². The van der Waals surface area contributed by atoms with Crippen molar-refractivity contribution in [2.45, 2.75) is 32.5 Å². The molecule has 9 heavy (non-hydrogen) atoms. The highest BCUT2D eigenvalue weighted by Crippen LogP contribution is 2.08. The number of carbonyl (C=O) groups is 1. The van der Waals surface area contributed by atoms with Crippen LogP contribution >= 0.6 is 0 Å². The van der Waals surface area contributed by atoms with Crippen LogP contribution in [0.1, 0.15) is 20.8 Å². The molecule has 0 aromatic rings. The van der Waals surface area contributed by atoms with Gasteiger partial charge in [0, 0.05) is 0 Å². The molecule has 1 radical (unpaired) electrons. The standard InChI is InChI=1S/C7H13O2/c1-6(5-8)9-7(2,3)4/h5-6H,1H2,2-4H3. The van der Waals surface area contributed by atoms with Crippen LogP contribution in [0.2, 0.25) is 0 Å². The Labute approximate surface area is 56.2 Å². The maximum atomic E-state index is 10.00. The van der Waals surface area contributed by atoms with Crippen LogP contribution in [0.15, 0.2) is 0 Å². The lowest BCUT2D eigenvalue weighted by atomic mass is 10.2. The van der Waals surface area contributed by atoms with Crippen LogP contribution in [-0.4, -0.2) is 18.0 Å². The van der Waals surface area contributed by atoms with Gasteiger partial charge in [-0.15, -0.1) is 0 Å². The number of rotatable bonds is 2. The average Bonchev–Trinajstić information content (AvgIpc) is 1.62. The molecular formula is C7H13O2. The number of carbonyl (C=O) groups excluding carboxylic acids is 1. The Balaban J connectivity index is 3.59. The van der Waals surface area contributed by atoms with Crippen molar-refractivity contribution < 1.29 is 9.53 Å². The van der Waals surface area contributed by atoms with E-state index in [2.05, 4.69) is 6.92 Å². The van der Waals surface area contributed by atoms with E-state index in [4.69, 9.17) is 4.74 Å². The van der Waals surface area contributed by atoms with Crippen LogP contribution in [0.5, 0.6) is 0 Å². The van der Waals surface area contributed by atoms with Gasteiger partial charge < -0.3 is 9.53 Å². The summed E-state index contributed by atoms with van der Waals surface area (Å²) in [5.74, 6) is 0. The van der Waals surface area contributed by atoms with Crippen LogP contribution in [0.4, 0.5) is 0 Å². The SMILES string of the molecule is [CH2]C(C=O)OC(C)(C)C. The fraction of sp³-hybridized carbons (Fsp3) is 0.714. The summed E-state index contributed by atoms with van der Waals surface area (Å²) in [5, 5.41) is 0. The van der Waals surface area contributed by atoms with Crippen molar-refractivity contribution in [2.24, 2.45) is 0 Å². The zero-order valence-corrected chi connectivity index (χ0v) is 6.18. The zero-order chi connectivity index (χ0) is 7.49. The first-order valence-electron chi connectivity index (χ1n) is 2.92. The smallest absolute Gasteiger partial charge is 0.148 e. The molecule has 0 aromatic carbocycles. The molecule has 0 saturated carbocycles. The molecule has 1 atom stereocenters. The summed E-state index contributed by atoms with van der Waals surface area (Å²) in [4.78, 5) is 10.00. The van der Waals surface area contributed by atoms with Crippen molar-refractivity contribution in [1.29, 1.82) is 0 Å². The second-order valence-corrected chi connectivity index (χ2v) is 2.90. The van der Waals surface area contributed by atoms with Crippen LogP contribution < -0.4 is 0 Å². The normalized spacial score (nSPS) is 15.1. The summed E-state index contributed by atoms with van der Waals surface area (Å²) in [6, 6.07) is 0. The lowest BCUT2D eigenvalue weighted by molar-refractivity contribution is -0.123. The molecule has 0 rings (SSSR count). The second-order valence-electron chi connectivity index (χ2n) is 2.90. The third-order valence-electron chi connectivity index (χ3n) is 0.657. The summed E-state index contributed by atoms with van der Waals surface area (Å²) >= 11 is 0. The molecule has 0 spiro atoms. The van der Waals surface area contributed by atoms with E-state index in [1.807, 2.05) is 20.8 Å². The molecule has 0 heterocycles. The molecule has 2 heteroatoms. The predicted molar refractivity (Wildman–Crippen MR) is 36.0 cm³/mol. The number of hydrogen-bond acceptors (Lipinski definition) is 2. The Morgan fingerprint density at radius 3 is 2.11 bits per heavy atom. The van der Waals surface area contributed by atoms with E-state index in [9.17, 15) is 4.79 Å². The first-order valence-corrected chi connectivity index (χ1v) is 2.92. The minimum Gasteiger partial charge on any atom is -0.365 e.